The Balaban J connectivity index is 2.06. The zero-order chi connectivity index (χ0) is 13.3. The van der Waals surface area contributed by atoms with Gasteiger partial charge >= 0.3 is 0 Å². The topological polar surface area (TPSA) is 38.5 Å². The molecule has 1 aromatic carbocycles. The lowest BCUT2D eigenvalue weighted by molar-refractivity contribution is -0.130. The van der Waals surface area contributed by atoms with E-state index in [0.29, 0.717) is 10.7 Å². The fourth-order valence-corrected chi connectivity index (χ4v) is 2.77. The first kappa shape index (κ1) is 13.7. The molecule has 18 heavy (non-hydrogen) atoms. The van der Waals surface area contributed by atoms with Gasteiger partial charge in [-0.2, -0.15) is 0 Å². The summed E-state index contributed by atoms with van der Waals surface area (Å²) in [6.07, 6.45) is 0.262. The lowest BCUT2D eigenvalue weighted by atomic mass is 10.0. The van der Waals surface area contributed by atoms with Crippen molar-refractivity contribution in [1.82, 2.24) is 4.90 Å². The molecule has 0 aliphatic carbocycles. The Morgan fingerprint density at radius 1 is 1.50 bits per heavy atom. The van der Waals surface area contributed by atoms with Crippen LogP contribution in [0.3, 0.4) is 0 Å². The standard InChI is InChI=1S/C14H21ClN2O/c1-10-7-17(9-14(2,3)18-10)8-11-4-5-12(15)13(16)6-11/h4-6,10H,7-9,16H2,1-3H3. The van der Waals surface area contributed by atoms with Crippen molar-refractivity contribution in [2.45, 2.75) is 39.0 Å². The maximum absolute atomic E-state index is 5.93. The smallest absolute Gasteiger partial charge is 0.0757 e. The van der Waals surface area contributed by atoms with Gasteiger partial charge in [-0.3, -0.25) is 4.90 Å². The molecule has 0 saturated carbocycles. The highest BCUT2D eigenvalue weighted by Crippen LogP contribution is 2.24. The highest BCUT2D eigenvalue weighted by Gasteiger charge is 2.31. The molecular formula is C14H21ClN2O. The average molecular weight is 269 g/mol. The molecule has 3 nitrogen and oxygen atoms in total. The molecule has 0 aromatic heterocycles. The molecule has 100 valence electrons. The molecule has 1 fully saturated rings. The van der Waals surface area contributed by atoms with Gasteiger partial charge in [-0.05, 0) is 38.5 Å². The summed E-state index contributed by atoms with van der Waals surface area (Å²) in [7, 11) is 0. The predicted octanol–water partition coefficient (Wildman–Crippen LogP) is 2.92. The molecule has 1 unspecified atom stereocenters. The van der Waals surface area contributed by atoms with Crippen molar-refractivity contribution in [2.75, 3.05) is 18.8 Å². The van der Waals surface area contributed by atoms with Crippen LogP contribution in [0.2, 0.25) is 5.02 Å². The summed E-state index contributed by atoms with van der Waals surface area (Å²) in [5.74, 6) is 0. The minimum absolute atomic E-state index is 0.0877. The molecule has 2 N–H and O–H groups in total. The highest BCUT2D eigenvalue weighted by molar-refractivity contribution is 6.33. The van der Waals surface area contributed by atoms with Crippen molar-refractivity contribution in [1.29, 1.82) is 0 Å². The van der Waals surface area contributed by atoms with Gasteiger partial charge in [0.1, 0.15) is 0 Å². The van der Waals surface area contributed by atoms with E-state index in [0.717, 1.165) is 19.6 Å². The van der Waals surface area contributed by atoms with Crippen LogP contribution in [-0.2, 0) is 11.3 Å². The number of nitrogens with zero attached hydrogens (tertiary/aromatic N) is 1. The minimum Gasteiger partial charge on any atom is -0.398 e. The number of ether oxygens (including phenoxy) is 1. The summed E-state index contributed by atoms with van der Waals surface area (Å²) in [6.45, 7) is 9.15. The van der Waals surface area contributed by atoms with Crippen LogP contribution in [0.15, 0.2) is 18.2 Å². The predicted molar refractivity (Wildman–Crippen MR) is 75.8 cm³/mol. The van der Waals surface area contributed by atoms with Gasteiger partial charge in [0, 0.05) is 19.6 Å². The van der Waals surface area contributed by atoms with E-state index < -0.39 is 0 Å². The van der Waals surface area contributed by atoms with Crippen LogP contribution in [0.4, 0.5) is 5.69 Å². The Morgan fingerprint density at radius 2 is 2.22 bits per heavy atom. The van der Waals surface area contributed by atoms with E-state index in [9.17, 15) is 0 Å². The number of hydrogen-bond acceptors (Lipinski definition) is 3. The van der Waals surface area contributed by atoms with Gasteiger partial charge in [0.25, 0.3) is 0 Å². The molecule has 1 aromatic rings. The van der Waals surface area contributed by atoms with Crippen LogP contribution >= 0.6 is 11.6 Å². The van der Waals surface area contributed by atoms with E-state index in [1.54, 1.807) is 0 Å². The Bertz CT molecular complexity index is 434. The van der Waals surface area contributed by atoms with Crippen LogP contribution in [0.1, 0.15) is 26.3 Å². The fourth-order valence-electron chi connectivity index (χ4n) is 2.66. The third-order valence-corrected chi connectivity index (χ3v) is 3.45. The van der Waals surface area contributed by atoms with Crippen LogP contribution in [0.25, 0.3) is 0 Å². The third kappa shape index (κ3) is 3.37. The first-order chi connectivity index (χ1) is 8.35. The van der Waals surface area contributed by atoms with E-state index in [1.165, 1.54) is 5.56 Å². The first-order valence-corrected chi connectivity index (χ1v) is 6.67. The van der Waals surface area contributed by atoms with Crippen LogP contribution < -0.4 is 5.73 Å². The SMILES string of the molecule is CC1CN(Cc2ccc(Cl)c(N)c2)CC(C)(C)O1. The number of nitrogens with two attached hydrogens (primary N) is 1. The van der Waals surface area contributed by atoms with E-state index in [2.05, 4.69) is 25.7 Å². The average Bonchev–Trinajstić information content (AvgIpc) is 2.20. The van der Waals surface area contributed by atoms with Gasteiger partial charge in [-0.25, -0.2) is 0 Å². The summed E-state index contributed by atoms with van der Waals surface area (Å²) < 4.78 is 5.90. The zero-order valence-electron chi connectivity index (χ0n) is 11.2. The number of benzene rings is 1. The molecule has 0 bridgehead atoms. The maximum Gasteiger partial charge on any atom is 0.0757 e. The maximum atomic E-state index is 5.93. The molecule has 0 amide bonds. The third-order valence-electron chi connectivity index (χ3n) is 3.11. The number of rotatable bonds is 2. The number of nitrogen functional groups attached to an aromatic ring is 1. The molecule has 0 spiro atoms. The quantitative estimate of drug-likeness (QED) is 0.839. The Hall–Kier alpha value is -0.770. The largest absolute Gasteiger partial charge is 0.398 e. The fraction of sp³-hybridized carbons (Fsp3) is 0.571. The molecule has 2 rings (SSSR count). The lowest BCUT2D eigenvalue weighted by Gasteiger charge is -2.41. The molecule has 1 aliphatic heterocycles. The molecule has 1 heterocycles. The van der Waals surface area contributed by atoms with Crippen molar-refractivity contribution in [3.63, 3.8) is 0 Å². The monoisotopic (exact) mass is 268 g/mol. The number of anilines is 1. The second kappa shape index (κ2) is 5.08. The first-order valence-electron chi connectivity index (χ1n) is 6.30. The van der Waals surface area contributed by atoms with Crippen molar-refractivity contribution in [3.8, 4) is 0 Å². The number of halogens is 1. The van der Waals surface area contributed by atoms with Crippen LogP contribution in [-0.4, -0.2) is 29.7 Å². The van der Waals surface area contributed by atoms with E-state index in [4.69, 9.17) is 22.1 Å². The Labute approximate surface area is 114 Å². The van der Waals surface area contributed by atoms with Gasteiger partial charge < -0.3 is 10.5 Å². The van der Waals surface area contributed by atoms with Gasteiger partial charge in [-0.1, -0.05) is 17.7 Å². The zero-order valence-corrected chi connectivity index (χ0v) is 12.0. The van der Waals surface area contributed by atoms with Gasteiger partial charge in [-0.15, -0.1) is 0 Å². The van der Waals surface area contributed by atoms with Crippen molar-refractivity contribution >= 4 is 17.3 Å². The van der Waals surface area contributed by atoms with E-state index in [1.807, 2.05) is 18.2 Å². The van der Waals surface area contributed by atoms with Crippen molar-refractivity contribution in [2.24, 2.45) is 0 Å². The molecule has 4 heteroatoms. The molecule has 0 radical (unpaired) electrons. The lowest BCUT2D eigenvalue weighted by Crippen LogP contribution is -2.51. The van der Waals surface area contributed by atoms with Gasteiger partial charge in [0.2, 0.25) is 0 Å². The van der Waals surface area contributed by atoms with E-state index >= 15 is 0 Å². The molecule has 1 aliphatic rings. The van der Waals surface area contributed by atoms with Gasteiger partial charge in [0.05, 0.1) is 22.4 Å². The Kier molecular flexibility index (Phi) is 3.85. The summed E-state index contributed by atoms with van der Waals surface area (Å²) in [5.41, 5.74) is 7.59. The molecule has 1 atom stereocenters. The van der Waals surface area contributed by atoms with Crippen molar-refractivity contribution < 1.29 is 4.74 Å². The van der Waals surface area contributed by atoms with Crippen molar-refractivity contribution in [3.05, 3.63) is 28.8 Å². The molecular weight excluding hydrogens is 248 g/mol. The number of morpholine rings is 1. The van der Waals surface area contributed by atoms with Crippen LogP contribution in [0.5, 0.6) is 0 Å². The molecule has 1 saturated heterocycles. The summed E-state index contributed by atoms with van der Waals surface area (Å²) in [6, 6.07) is 5.85. The normalized spacial score (nSPS) is 24.1. The summed E-state index contributed by atoms with van der Waals surface area (Å²) >= 11 is 5.93. The minimum atomic E-state index is -0.0877. The number of hydrogen-bond donors (Lipinski definition) is 1. The summed E-state index contributed by atoms with van der Waals surface area (Å²) in [5, 5.41) is 0.620. The van der Waals surface area contributed by atoms with Crippen LogP contribution in [0, 0.1) is 0 Å². The second-order valence-corrected chi connectivity index (χ2v) is 6.12. The highest BCUT2D eigenvalue weighted by atomic mass is 35.5. The Morgan fingerprint density at radius 3 is 2.83 bits per heavy atom. The second-order valence-electron chi connectivity index (χ2n) is 5.71. The summed E-state index contributed by atoms with van der Waals surface area (Å²) in [4.78, 5) is 2.40. The van der Waals surface area contributed by atoms with Gasteiger partial charge in [0.15, 0.2) is 0 Å². The van der Waals surface area contributed by atoms with E-state index in [-0.39, 0.29) is 11.7 Å².